The average molecular weight is 340 g/mol. The summed E-state index contributed by atoms with van der Waals surface area (Å²) < 4.78 is 1.04. The van der Waals surface area contributed by atoms with Crippen LogP contribution < -0.4 is 5.73 Å². The molecular formula is C13H14BrN3OS. The lowest BCUT2D eigenvalue weighted by atomic mass is 10.2. The van der Waals surface area contributed by atoms with Gasteiger partial charge in [0.05, 0.1) is 6.54 Å². The molecule has 0 saturated heterocycles. The lowest BCUT2D eigenvalue weighted by Crippen LogP contribution is -2.26. The third-order valence-corrected chi connectivity index (χ3v) is 4.26. The molecule has 0 unspecified atom stereocenters. The summed E-state index contributed by atoms with van der Waals surface area (Å²) in [6.07, 6.45) is 0. The van der Waals surface area contributed by atoms with Gasteiger partial charge in [-0.15, -0.1) is 11.3 Å². The molecule has 2 rings (SSSR count). The third kappa shape index (κ3) is 3.54. The first-order valence-electron chi connectivity index (χ1n) is 5.68. The summed E-state index contributed by atoms with van der Waals surface area (Å²) >= 11 is 5.02. The van der Waals surface area contributed by atoms with Gasteiger partial charge in [0, 0.05) is 33.0 Å². The molecule has 1 amide bonds. The van der Waals surface area contributed by atoms with E-state index in [9.17, 15) is 4.79 Å². The monoisotopic (exact) mass is 339 g/mol. The van der Waals surface area contributed by atoms with Crippen LogP contribution in [0, 0.1) is 6.92 Å². The maximum Gasteiger partial charge on any atom is 0.254 e. The summed E-state index contributed by atoms with van der Waals surface area (Å²) in [6, 6.07) is 5.37. The van der Waals surface area contributed by atoms with Crippen LogP contribution in [0.15, 0.2) is 28.1 Å². The Morgan fingerprint density at radius 2 is 2.21 bits per heavy atom. The van der Waals surface area contributed by atoms with Crippen molar-refractivity contribution in [3.8, 4) is 0 Å². The average Bonchev–Trinajstić information content (AvgIpc) is 2.72. The highest BCUT2D eigenvalue weighted by molar-refractivity contribution is 9.10. The number of anilines is 1. The van der Waals surface area contributed by atoms with Gasteiger partial charge < -0.3 is 10.6 Å². The Bertz CT molecular complexity index is 591. The van der Waals surface area contributed by atoms with Crippen LogP contribution in [-0.2, 0) is 6.54 Å². The number of pyridine rings is 1. The normalized spacial score (nSPS) is 10.5. The Hall–Kier alpha value is -1.40. The molecule has 0 atom stereocenters. The van der Waals surface area contributed by atoms with Gasteiger partial charge in [-0.05, 0) is 41.1 Å². The number of nitrogen functional groups attached to an aromatic ring is 1. The number of hydrogen-bond donors (Lipinski definition) is 1. The first-order chi connectivity index (χ1) is 8.95. The van der Waals surface area contributed by atoms with E-state index >= 15 is 0 Å². The number of carbonyl (C=O) groups excluding carboxylic acids is 1. The molecule has 0 fully saturated rings. The minimum atomic E-state index is -0.0540. The minimum Gasteiger partial charge on any atom is -0.384 e. The van der Waals surface area contributed by atoms with E-state index < -0.39 is 0 Å². The molecular weight excluding hydrogens is 326 g/mol. The van der Waals surface area contributed by atoms with Crippen LogP contribution in [0.25, 0.3) is 0 Å². The fourth-order valence-corrected chi connectivity index (χ4v) is 3.28. The molecule has 4 nitrogen and oxygen atoms in total. The quantitative estimate of drug-likeness (QED) is 0.934. The van der Waals surface area contributed by atoms with Crippen LogP contribution in [0.1, 0.15) is 20.9 Å². The number of thiophene rings is 1. The number of halogens is 1. The predicted octanol–water partition coefficient (Wildman–Crippen LogP) is 3.07. The maximum atomic E-state index is 12.3. The van der Waals surface area contributed by atoms with Gasteiger partial charge in [0.1, 0.15) is 5.82 Å². The molecule has 2 heterocycles. The van der Waals surface area contributed by atoms with E-state index in [0.29, 0.717) is 17.9 Å². The first kappa shape index (κ1) is 14.0. The molecule has 0 aromatic carbocycles. The number of carbonyl (C=O) groups is 1. The standard InChI is InChI=1S/C13H14BrN3OS/c1-8-3-9(4-12(15)16-8)13(18)17(2)6-11-5-10(14)7-19-11/h3-5,7H,6H2,1-2H3,(H2,15,16). The summed E-state index contributed by atoms with van der Waals surface area (Å²) in [4.78, 5) is 19.2. The van der Waals surface area contributed by atoms with Crippen LogP contribution in [-0.4, -0.2) is 22.8 Å². The van der Waals surface area contributed by atoms with Gasteiger partial charge in [-0.25, -0.2) is 4.98 Å². The lowest BCUT2D eigenvalue weighted by Gasteiger charge is -2.16. The number of aromatic nitrogens is 1. The van der Waals surface area contributed by atoms with Gasteiger partial charge in [0.15, 0.2) is 0 Å². The molecule has 0 radical (unpaired) electrons. The molecule has 6 heteroatoms. The first-order valence-corrected chi connectivity index (χ1v) is 7.35. The van der Waals surface area contributed by atoms with Gasteiger partial charge in [0.2, 0.25) is 0 Å². The molecule has 0 aliphatic carbocycles. The SMILES string of the molecule is Cc1cc(C(=O)N(C)Cc2cc(Br)cs2)cc(N)n1. The number of amides is 1. The Labute approximate surface area is 124 Å². The minimum absolute atomic E-state index is 0.0540. The van der Waals surface area contributed by atoms with E-state index in [0.717, 1.165) is 15.0 Å². The zero-order valence-corrected chi connectivity index (χ0v) is 13.1. The predicted molar refractivity (Wildman–Crippen MR) is 81.2 cm³/mol. The summed E-state index contributed by atoms with van der Waals surface area (Å²) in [6.45, 7) is 2.40. The van der Waals surface area contributed by atoms with Crippen LogP contribution >= 0.6 is 27.3 Å². The van der Waals surface area contributed by atoms with Crippen LogP contribution in [0.4, 0.5) is 5.82 Å². The number of rotatable bonds is 3. The maximum absolute atomic E-state index is 12.3. The van der Waals surface area contributed by atoms with Crippen LogP contribution in [0.3, 0.4) is 0 Å². The molecule has 100 valence electrons. The topological polar surface area (TPSA) is 59.2 Å². The van der Waals surface area contributed by atoms with Gasteiger partial charge in [-0.1, -0.05) is 0 Å². The molecule has 0 aliphatic heterocycles. The second-order valence-electron chi connectivity index (χ2n) is 4.31. The van der Waals surface area contributed by atoms with Crippen molar-refractivity contribution < 1.29 is 4.79 Å². The highest BCUT2D eigenvalue weighted by Gasteiger charge is 2.14. The van der Waals surface area contributed by atoms with E-state index in [1.54, 1.807) is 35.4 Å². The largest absolute Gasteiger partial charge is 0.384 e. The summed E-state index contributed by atoms with van der Waals surface area (Å²) in [7, 11) is 1.78. The van der Waals surface area contributed by atoms with E-state index in [-0.39, 0.29) is 5.91 Å². The fourth-order valence-electron chi connectivity index (χ4n) is 1.78. The van der Waals surface area contributed by atoms with Gasteiger partial charge in [-0.2, -0.15) is 0 Å². The van der Waals surface area contributed by atoms with Gasteiger partial charge in [-0.3, -0.25) is 4.79 Å². The fraction of sp³-hybridized carbons (Fsp3) is 0.231. The Morgan fingerprint density at radius 1 is 1.47 bits per heavy atom. The smallest absolute Gasteiger partial charge is 0.254 e. The summed E-state index contributed by atoms with van der Waals surface area (Å²) in [5, 5.41) is 2.00. The Morgan fingerprint density at radius 3 is 2.79 bits per heavy atom. The van der Waals surface area contributed by atoms with E-state index in [2.05, 4.69) is 20.9 Å². The summed E-state index contributed by atoms with van der Waals surface area (Å²) in [5.74, 6) is 0.317. The van der Waals surface area contributed by atoms with Crippen molar-refractivity contribution in [1.29, 1.82) is 0 Å². The van der Waals surface area contributed by atoms with Crippen molar-refractivity contribution in [2.75, 3.05) is 12.8 Å². The summed E-state index contributed by atoms with van der Waals surface area (Å²) in [5.41, 5.74) is 6.99. The number of aryl methyl sites for hydroxylation is 1. The zero-order chi connectivity index (χ0) is 14.0. The Kier molecular flexibility index (Phi) is 4.21. The second-order valence-corrected chi connectivity index (χ2v) is 6.23. The zero-order valence-electron chi connectivity index (χ0n) is 10.7. The third-order valence-electron chi connectivity index (χ3n) is 2.58. The number of nitrogens with two attached hydrogens (primary N) is 1. The van der Waals surface area contributed by atoms with Crippen molar-refractivity contribution in [2.24, 2.45) is 0 Å². The molecule has 2 N–H and O–H groups in total. The van der Waals surface area contributed by atoms with Crippen LogP contribution in [0.2, 0.25) is 0 Å². The number of hydrogen-bond acceptors (Lipinski definition) is 4. The van der Waals surface area contributed by atoms with E-state index in [4.69, 9.17) is 5.73 Å². The molecule has 19 heavy (non-hydrogen) atoms. The van der Waals surface area contributed by atoms with Crippen molar-refractivity contribution in [3.05, 3.63) is 44.2 Å². The lowest BCUT2D eigenvalue weighted by molar-refractivity contribution is 0.0786. The van der Waals surface area contributed by atoms with E-state index in [1.165, 1.54) is 0 Å². The second kappa shape index (κ2) is 5.71. The van der Waals surface area contributed by atoms with Gasteiger partial charge in [0.25, 0.3) is 5.91 Å². The Balaban J connectivity index is 2.14. The highest BCUT2D eigenvalue weighted by Crippen LogP contribution is 2.21. The van der Waals surface area contributed by atoms with Crippen molar-refractivity contribution in [2.45, 2.75) is 13.5 Å². The molecule has 2 aromatic rings. The molecule has 0 bridgehead atoms. The van der Waals surface area contributed by atoms with Crippen molar-refractivity contribution in [1.82, 2.24) is 9.88 Å². The van der Waals surface area contributed by atoms with Crippen LogP contribution in [0.5, 0.6) is 0 Å². The molecule has 2 aromatic heterocycles. The van der Waals surface area contributed by atoms with E-state index in [1.807, 2.05) is 18.4 Å². The molecule has 0 saturated carbocycles. The van der Waals surface area contributed by atoms with Crippen molar-refractivity contribution >= 4 is 39.0 Å². The van der Waals surface area contributed by atoms with Crippen molar-refractivity contribution in [3.63, 3.8) is 0 Å². The van der Waals surface area contributed by atoms with Gasteiger partial charge >= 0.3 is 0 Å². The highest BCUT2D eigenvalue weighted by atomic mass is 79.9. The molecule has 0 aliphatic rings. The number of nitrogens with zero attached hydrogens (tertiary/aromatic N) is 2. The molecule has 0 spiro atoms.